The lowest BCUT2D eigenvalue weighted by Gasteiger charge is -2.24. The summed E-state index contributed by atoms with van der Waals surface area (Å²) in [7, 11) is 3.42. The quantitative estimate of drug-likeness (QED) is 0.750. The van der Waals surface area contributed by atoms with Gasteiger partial charge in [-0.1, -0.05) is 6.07 Å². The smallest absolute Gasteiger partial charge is 0.321 e. The van der Waals surface area contributed by atoms with Crippen LogP contribution in [-0.4, -0.2) is 49.7 Å². The Morgan fingerprint density at radius 1 is 1.20 bits per heavy atom. The zero-order valence-corrected chi connectivity index (χ0v) is 15.9. The average molecular weight is 351 g/mol. The lowest BCUT2D eigenvalue weighted by atomic mass is 10.1. The molecule has 1 rings (SSSR count). The first-order valence-electron chi connectivity index (χ1n) is 8.39. The maximum Gasteiger partial charge on any atom is 0.321 e. The van der Waals surface area contributed by atoms with Crippen LogP contribution in [0.25, 0.3) is 0 Å². The molecule has 140 valence electrons. The summed E-state index contributed by atoms with van der Waals surface area (Å²) in [6, 6.07) is 4.69. The summed E-state index contributed by atoms with van der Waals surface area (Å²) >= 11 is 0. The molecule has 0 aliphatic rings. The summed E-state index contributed by atoms with van der Waals surface area (Å²) < 4.78 is 10.8. The highest BCUT2D eigenvalue weighted by molar-refractivity contribution is 5.96. The lowest BCUT2D eigenvalue weighted by molar-refractivity contribution is -0.124. The van der Waals surface area contributed by atoms with Crippen molar-refractivity contribution in [3.8, 4) is 11.5 Å². The first-order valence-corrected chi connectivity index (χ1v) is 8.39. The van der Waals surface area contributed by atoms with E-state index < -0.39 is 12.1 Å². The van der Waals surface area contributed by atoms with Crippen molar-refractivity contribution in [1.82, 2.24) is 15.5 Å². The van der Waals surface area contributed by atoms with E-state index in [-0.39, 0.29) is 11.9 Å². The first-order chi connectivity index (χ1) is 11.8. The van der Waals surface area contributed by atoms with Crippen molar-refractivity contribution >= 4 is 11.9 Å². The van der Waals surface area contributed by atoms with E-state index in [1.807, 2.05) is 50.9 Å². The normalized spacial score (nSPS) is 12.0. The van der Waals surface area contributed by atoms with E-state index in [4.69, 9.17) is 9.47 Å². The summed E-state index contributed by atoms with van der Waals surface area (Å²) in [5, 5.41) is 4.98. The number of nitrogens with one attached hydrogen (secondary N) is 2. The van der Waals surface area contributed by atoms with Crippen LogP contribution in [0.1, 0.15) is 33.3 Å². The van der Waals surface area contributed by atoms with Gasteiger partial charge in [-0.25, -0.2) is 4.79 Å². The van der Waals surface area contributed by atoms with Gasteiger partial charge >= 0.3 is 6.03 Å². The molecule has 7 nitrogen and oxygen atoms in total. The number of benzene rings is 1. The molecule has 25 heavy (non-hydrogen) atoms. The van der Waals surface area contributed by atoms with E-state index in [9.17, 15) is 9.59 Å². The zero-order chi connectivity index (χ0) is 19.0. The molecule has 2 N–H and O–H groups in total. The van der Waals surface area contributed by atoms with Gasteiger partial charge in [0.2, 0.25) is 5.91 Å². The molecule has 0 aliphatic carbocycles. The molecule has 0 bridgehead atoms. The number of hydrogen-bond acceptors (Lipinski definition) is 5. The molecule has 0 saturated carbocycles. The van der Waals surface area contributed by atoms with E-state index in [1.54, 1.807) is 14.0 Å². The predicted octanol–water partition coefficient (Wildman–Crippen LogP) is 2.15. The summed E-state index contributed by atoms with van der Waals surface area (Å²) in [4.78, 5) is 25.7. The number of amides is 3. The number of carbonyl (C=O) groups is 2. The van der Waals surface area contributed by atoms with E-state index in [0.29, 0.717) is 24.7 Å². The maximum atomic E-state index is 12.2. The summed E-state index contributed by atoms with van der Waals surface area (Å²) in [6.45, 7) is 8.42. The standard InChI is InChI=1S/C18H29N3O4/c1-7-25-15-9-8-14(10-16(15)24-6)11-21(5)13(4)17(22)20-18(23)19-12(2)3/h8-10,12-13H,7,11H2,1-6H3,(H2,19,20,22,23)/t13-/m1/s1. The van der Waals surface area contributed by atoms with Gasteiger partial charge in [-0.2, -0.15) is 0 Å². The van der Waals surface area contributed by atoms with Crippen molar-refractivity contribution in [2.24, 2.45) is 0 Å². The molecular formula is C18H29N3O4. The minimum atomic E-state index is -0.483. The zero-order valence-electron chi connectivity index (χ0n) is 15.9. The first kappa shape index (κ1) is 20.8. The van der Waals surface area contributed by atoms with Crippen LogP contribution in [0.15, 0.2) is 18.2 Å². The molecule has 0 saturated heterocycles. The van der Waals surface area contributed by atoms with Crippen molar-refractivity contribution in [2.75, 3.05) is 20.8 Å². The lowest BCUT2D eigenvalue weighted by Crippen LogP contribution is -2.49. The third kappa shape index (κ3) is 6.62. The van der Waals surface area contributed by atoms with Crippen molar-refractivity contribution in [3.05, 3.63) is 23.8 Å². The molecular weight excluding hydrogens is 322 g/mol. The average Bonchev–Trinajstić information content (AvgIpc) is 2.54. The van der Waals surface area contributed by atoms with Crippen LogP contribution in [0.2, 0.25) is 0 Å². The molecule has 0 radical (unpaired) electrons. The number of rotatable bonds is 8. The van der Waals surface area contributed by atoms with Crippen LogP contribution in [0.5, 0.6) is 11.5 Å². The third-order valence-electron chi connectivity index (χ3n) is 3.66. The molecule has 0 aliphatic heterocycles. The number of likely N-dealkylation sites (N-methyl/N-ethyl adjacent to an activating group) is 1. The molecule has 1 aromatic rings. The minimum Gasteiger partial charge on any atom is -0.493 e. The summed E-state index contributed by atoms with van der Waals surface area (Å²) in [5.74, 6) is 0.993. The Morgan fingerprint density at radius 2 is 1.88 bits per heavy atom. The fourth-order valence-electron chi connectivity index (χ4n) is 2.22. The van der Waals surface area contributed by atoms with Crippen LogP contribution in [0, 0.1) is 0 Å². The molecule has 0 aromatic heterocycles. The molecule has 3 amide bonds. The van der Waals surface area contributed by atoms with Crippen LogP contribution in [-0.2, 0) is 11.3 Å². The second-order valence-electron chi connectivity index (χ2n) is 6.13. The number of methoxy groups -OCH3 is 1. The number of carbonyl (C=O) groups excluding carboxylic acids is 2. The van der Waals surface area contributed by atoms with Crippen LogP contribution >= 0.6 is 0 Å². The van der Waals surface area contributed by atoms with Gasteiger partial charge in [0.15, 0.2) is 11.5 Å². The van der Waals surface area contributed by atoms with E-state index in [1.165, 1.54) is 0 Å². The van der Waals surface area contributed by atoms with E-state index >= 15 is 0 Å². The van der Waals surface area contributed by atoms with Gasteiger partial charge in [0.25, 0.3) is 0 Å². The highest BCUT2D eigenvalue weighted by Crippen LogP contribution is 2.28. The van der Waals surface area contributed by atoms with Crippen LogP contribution in [0.3, 0.4) is 0 Å². The predicted molar refractivity (Wildman–Crippen MR) is 96.9 cm³/mol. The van der Waals surface area contributed by atoms with E-state index in [2.05, 4.69) is 10.6 Å². The van der Waals surface area contributed by atoms with Gasteiger partial charge in [0, 0.05) is 12.6 Å². The van der Waals surface area contributed by atoms with Gasteiger partial charge < -0.3 is 14.8 Å². The van der Waals surface area contributed by atoms with Gasteiger partial charge in [0.05, 0.1) is 19.8 Å². The molecule has 7 heteroatoms. The maximum absolute atomic E-state index is 12.2. The fraction of sp³-hybridized carbons (Fsp3) is 0.556. The Labute approximate surface area is 149 Å². The Hall–Kier alpha value is -2.28. The molecule has 1 aromatic carbocycles. The fourth-order valence-corrected chi connectivity index (χ4v) is 2.22. The van der Waals surface area contributed by atoms with Crippen molar-refractivity contribution in [3.63, 3.8) is 0 Å². The Bertz CT molecular complexity index is 590. The van der Waals surface area contributed by atoms with Crippen molar-refractivity contribution in [1.29, 1.82) is 0 Å². The highest BCUT2D eigenvalue weighted by Gasteiger charge is 2.20. The minimum absolute atomic E-state index is 0.0304. The second-order valence-corrected chi connectivity index (χ2v) is 6.13. The molecule has 0 fully saturated rings. The summed E-state index contributed by atoms with van der Waals surface area (Å²) in [6.07, 6.45) is 0. The van der Waals surface area contributed by atoms with E-state index in [0.717, 1.165) is 5.56 Å². The number of imide groups is 1. The number of nitrogens with zero attached hydrogens (tertiary/aromatic N) is 1. The third-order valence-corrected chi connectivity index (χ3v) is 3.66. The number of urea groups is 1. The van der Waals surface area contributed by atoms with Gasteiger partial charge in [-0.3, -0.25) is 15.0 Å². The number of hydrogen-bond donors (Lipinski definition) is 2. The monoisotopic (exact) mass is 351 g/mol. The Balaban J connectivity index is 2.69. The second kappa shape index (κ2) is 9.88. The molecule has 0 unspecified atom stereocenters. The van der Waals surface area contributed by atoms with Gasteiger partial charge in [-0.15, -0.1) is 0 Å². The summed E-state index contributed by atoms with van der Waals surface area (Å²) in [5.41, 5.74) is 0.981. The molecule has 1 atom stereocenters. The van der Waals surface area contributed by atoms with Crippen LogP contribution in [0.4, 0.5) is 4.79 Å². The molecule has 0 heterocycles. The van der Waals surface area contributed by atoms with Gasteiger partial charge in [0.1, 0.15) is 0 Å². The number of ether oxygens (including phenoxy) is 2. The largest absolute Gasteiger partial charge is 0.493 e. The molecule has 0 spiro atoms. The van der Waals surface area contributed by atoms with Crippen LogP contribution < -0.4 is 20.1 Å². The Morgan fingerprint density at radius 3 is 2.44 bits per heavy atom. The van der Waals surface area contributed by atoms with Gasteiger partial charge in [-0.05, 0) is 52.4 Å². The SMILES string of the molecule is CCOc1ccc(CN(C)[C@H](C)C(=O)NC(=O)NC(C)C)cc1OC. The highest BCUT2D eigenvalue weighted by atomic mass is 16.5. The van der Waals surface area contributed by atoms with Crippen molar-refractivity contribution in [2.45, 2.75) is 46.3 Å². The topological polar surface area (TPSA) is 79.9 Å². The van der Waals surface area contributed by atoms with Crippen molar-refractivity contribution < 1.29 is 19.1 Å². The Kier molecular flexibility index (Phi) is 8.21.